The Morgan fingerprint density at radius 2 is 2.09 bits per heavy atom. The molecule has 0 saturated heterocycles. The molecule has 3 aromatic rings. The predicted octanol–water partition coefficient (Wildman–Crippen LogP) is 3.56. The number of hydrogen-bond acceptors (Lipinski definition) is 3. The molecule has 0 spiro atoms. The van der Waals surface area contributed by atoms with Crippen molar-refractivity contribution in [3.8, 4) is 11.4 Å². The molecular weight excluding hydrogens is 278 g/mol. The molecule has 5 heteroatoms. The summed E-state index contributed by atoms with van der Waals surface area (Å²) >= 11 is 0. The number of benzene rings is 1. The molecule has 1 N–H and O–H groups in total. The van der Waals surface area contributed by atoms with Crippen LogP contribution in [-0.2, 0) is 6.54 Å². The van der Waals surface area contributed by atoms with Gasteiger partial charge in [0.2, 0.25) is 0 Å². The lowest BCUT2D eigenvalue weighted by Gasteiger charge is -2.22. The second-order valence-electron chi connectivity index (χ2n) is 6.19. The second kappa shape index (κ2) is 5.48. The molecule has 0 amide bonds. The summed E-state index contributed by atoms with van der Waals surface area (Å²) in [5, 5.41) is 4.98. The number of H-pyrrole nitrogens is 1. The molecule has 1 fully saturated rings. The van der Waals surface area contributed by atoms with E-state index in [1.54, 1.807) is 0 Å². The maximum atomic E-state index is 11.1. The number of hydrogen-bond donors (Lipinski definition) is 1. The molecule has 0 unspecified atom stereocenters. The summed E-state index contributed by atoms with van der Waals surface area (Å²) in [4.78, 5) is 13.7. The van der Waals surface area contributed by atoms with Crippen molar-refractivity contribution in [3.05, 3.63) is 41.0 Å². The Bertz CT molecular complexity index is 837. The molecule has 1 saturated carbocycles. The Morgan fingerprint density at radius 3 is 2.86 bits per heavy atom. The lowest BCUT2D eigenvalue weighted by Crippen LogP contribution is -2.13. The van der Waals surface area contributed by atoms with E-state index in [9.17, 15) is 4.79 Å². The highest BCUT2D eigenvalue weighted by atomic mass is 16.5. The third-order valence-corrected chi connectivity index (χ3v) is 4.67. The second-order valence-corrected chi connectivity index (χ2v) is 6.19. The largest absolute Gasteiger partial charge is 0.439 e. The van der Waals surface area contributed by atoms with Crippen molar-refractivity contribution >= 4 is 10.9 Å². The first kappa shape index (κ1) is 13.4. The minimum absolute atomic E-state index is 0.484. The number of aromatic nitrogens is 3. The summed E-state index contributed by atoms with van der Waals surface area (Å²) in [6, 6.07) is 8.25. The number of rotatable bonds is 3. The quantitative estimate of drug-likeness (QED) is 0.804. The van der Waals surface area contributed by atoms with Crippen molar-refractivity contribution in [1.29, 1.82) is 0 Å². The molecule has 1 aliphatic rings. The van der Waals surface area contributed by atoms with Gasteiger partial charge in [-0.1, -0.05) is 36.6 Å². The van der Waals surface area contributed by atoms with E-state index in [4.69, 9.17) is 0 Å². The highest BCUT2D eigenvalue weighted by Crippen LogP contribution is 2.28. The normalized spacial score (nSPS) is 16.4. The first-order chi connectivity index (χ1) is 10.8. The van der Waals surface area contributed by atoms with Gasteiger partial charge in [0, 0.05) is 23.8 Å². The fourth-order valence-electron chi connectivity index (χ4n) is 3.49. The van der Waals surface area contributed by atoms with Gasteiger partial charge in [-0.2, -0.15) is 0 Å². The maximum Gasteiger partial charge on any atom is 0.439 e. The molecule has 4 rings (SSSR count). The molecular formula is C17H19N3O2. The third-order valence-electron chi connectivity index (χ3n) is 4.67. The Kier molecular flexibility index (Phi) is 3.33. The van der Waals surface area contributed by atoms with Crippen LogP contribution in [0.5, 0.6) is 0 Å². The van der Waals surface area contributed by atoms with Crippen LogP contribution in [0.4, 0.5) is 0 Å². The molecule has 0 radical (unpaired) electrons. The average molecular weight is 297 g/mol. The van der Waals surface area contributed by atoms with Crippen LogP contribution in [-0.4, -0.2) is 14.7 Å². The maximum absolute atomic E-state index is 11.1. The first-order valence-electron chi connectivity index (χ1n) is 7.95. The summed E-state index contributed by atoms with van der Waals surface area (Å²) in [7, 11) is 0. The first-order valence-corrected chi connectivity index (χ1v) is 7.95. The molecule has 1 aromatic carbocycles. The van der Waals surface area contributed by atoms with Gasteiger partial charge in [0.05, 0.1) is 0 Å². The highest BCUT2D eigenvalue weighted by molar-refractivity contribution is 5.84. The van der Waals surface area contributed by atoms with Gasteiger partial charge < -0.3 is 4.57 Å². The van der Waals surface area contributed by atoms with Gasteiger partial charge in [-0.15, -0.1) is 0 Å². The van der Waals surface area contributed by atoms with Crippen LogP contribution in [0.15, 0.2) is 39.8 Å². The van der Waals surface area contributed by atoms with Gasteiger partial charge in [-0.25, -0.2) is 4.79 Å². The Labute approximate surface area is 127 Å². The van der Waals surface area contributed by atoms with Gasteiger partial charge in [0.1, 0.15) is 0 Å². The van der Waals surface area contributed by atoms with Crippen LogP contribution < -0.4 is 5.76 Å². The molecule has 114 valence electrons. The van der Waals surface area contributed by atoms with E-state index in [1.807, 2.05) is 6.07 Å². The molecule has 0 bridgehead atoms. The Balaban J connectivity index is 1.68. The van der Waals surface area contributed by atoms with Gasteiger partial charge in [-0.05, 0) is 36.3 Å². The summed E-state index contributed by atoms with van der Waals surface area (Å²) < 4.78 is 6.92. The summed E-state index contributed by atoms with van der Waals surface area (Å²) in [6.45, 7) is 1.07. The van der Waals surface area contributed by atoms with Gasteiger partial charge in [-0.3, -0.25) is 9.51 Å². The highest BCUT2D eigenvalue weighted by Gasteiger charge is 2.15. The molecule has 5 nitrogen and oxygen atoms in total. The number of nitrogens with one attached hydrogen (secondary N) is 1. The van der Waals surface area contributed by atoms with E-state index in [1.165, 1.54) is 43.0 Å². The average Bonchev–Trinajstić information content (AvgIpc) is 3.15. The van der Waals surface area contributed by atoms with E-state index in [0.29, 0.717) is 5.82 Å². The summed E-state index contributed by atoms with van der Waals surface area (Å²) in [5.74, 6) is 0.741. The molecule has 22 heavy (non-hydrogen) atoms. The van der Waals surface area contributed by atoms with E-state index >= 15 is 0 Å². The third kappa shape index (κ3) is 2.47. The van der Waals surface area contributed by atoms with Crippen molar-refractivity contribution in [2.24, 2.45) is 5.92 Å². The van der Waals surface area contributed by atoms with Crippen molar-refractivity contribution in [2.75, 3.05) is 0 Å². The fraction of sp³-hybridized carbons (Fsp3) is 0.412. The van der Waals surface area contributed by atoms with Gasteiger partial charge in [0.15, 0.2) is 5.82 Å². The molecule has 1 aliphatic carbocycles. The van der Waals surface area contributed by atoms with Crippen molar-refractivity contribution < 1.29 is 4.52 Å². The lowest BCUT2D eigenvalue weighted by molar-refractivity contribution is 0.322. The van der Waals surface area contributed by atoms with E-state index < -0.39 is 5.76 Å². The van der Waals surface area contributed by atoms with Crippen LogP contribution in [0, 0.1) is 5.92 Å². The predicted molar refractivity (Wildman–Crippen MR) is 84.6 cm³/mol. The molecule has 0 atom stereocenters. The zero-order chi connectivity index (χ0) is 14.9. The molecule has 2 heterocycles. The SMILES string of the molecule is O=c1[nH]c(-c2ccc3ccn(CC4CCCCC4)c3c2)no1. The van der Waals surface area contributed by atoms with Crippen LogP contribution in [0.25, 0.3) is 22.3 Å². The van der Waals surface area contributed by atoms with Crippen molar-refractivity contribution in [2.45, 2.75) is 38.6 Å². The fourth-order valence-corrected chi connectivity index (χ4v) is 3.49. The minimum atomic E-state index is -0.521. The van der Waals surface area contributed by atoms with Crippen LogP contribution in [0.2, 0.25) is 0 Å². The van der Waals surface area contributed by atoms with Gasteiger partial charge >= 0.3 is 5.76 Å². The number of aromatic amines is 1. The van der Waals surface area contributed by atoms with E-state index in [-0.39, 0.29) is 0 Å². The number of nitrogens with zero attached hydrogens (tertiary/aromatic N) is 2. The molecule has 0 aliphatic heterocycles. The zero-order valence-corrected chi connectivity index (χ0v) is 12.4. The van der Waals surface area contributed by atoms with Crippen LogP contribution in [0.1, 0.15) is 32.1 Å². The van der Waals surface area contributed by atoms with Crippen molar-refractivity contribution in [1.82, 2.24) is 14.7 Å². The van der Waals surface area contributed by atoms with E-state index in [2.05, 4.69) is 43.6 Å². The Morgan fingerprint density at radius 1 is 1.23 bits per heavy atom. The topological polar surface area (TPSA) is 63.8 Å². The smallest absolute Gasteiger partial charge is 0.347 e. The minimum Gasteiger partial charge on any atom is -0.347 e. The monoisotopic (exact) mass is 297 g/mol. The number of fused-ring (bicyclic) bond motifs is 1. The van der Waals surface area contributed by atoms with Crippen LogP contribution >= 0.6 is 0 Å². The van der Waals surface area contributed by atoms with Crippen LogP contribution in [0.3, 0.4) is 0 Å². The standard InChI is InChI=1S/C17H19N3O2/c21-17-18-16(19-22-17)14-7-6-13-8-9-20(15(13)10-14)11-12-4-2-1-3-5-12/h6-10,12H,1-5,11H2,(H,18,19,21). The summed E-state index contributed by atoms with van der Waals surface area (Å²) in [6.07, 6.45) is 8.91. The van der Waals surface area contributed by atoms with Gasteiger partial charge in [0.25, 0.3) is 0 Å². The Hall–Kier alpha value is -2.30. The summed E-state index contributed by atoms with van der Waals surface area (Å²) in [5.41, 5.74) is 2.06. The molecule has 2 aromatic heterocycles. The van der Waals surface area contributed by atoms with Crippen molar-refractivity contribution in [3.63, 3.8) is 0 Å². The zero-order valence-electron chi connectivity index (χ0n) is 12.4. The lowest BCUT2D eigenvalue weighted by atomic mass is 9.89. The van der Waals surface area contributed by atoms with E-state index in [0.717, 1.165) is 18.0 Å².